The zero-order valence-electron chi connectivity index (χ0n) is 15.8. The van der Waals surface area contributed by atoms with Crippen molar-refractivity contribution in [3.8, 4) is 0 Å². The minimum absolute atomic E-state index is 0.00953. The number of para-hydroxylation sites is 1. The van der Waals surface area contributed by atoms with Gasteiger partial charge in [0.05, 0.1) is 0 Å². The number of aromatic nitrogens is 2. The second kappa shape index (κ2) is 8.27. The minimum atomic E-state index is -0.249. The van der Waals surface area contributed by atoms with Gasteiger partial charge in [-0.05, 0) is 41.8 Å². The normalized spacial score (nSPS) is 11.3. The molecule has 8 heteroatoms. The number of nitrogens with two attached hydrogens (primary N) is 1. The Balaban J connectivity index is 1.79. The van der Waals surface area contributed by atoms with Crippen molar-refractivity contribution in [3.05, 3.63) is 90.3 Å². The number of hydrogen-bond acceptors (Lipinski definition) is 6. The van der Waals surface area contributed by atoms with Crippen LogP contribution in [0, 0.1) is 0 Å². The Hall–Kier alpha value is -4.46. The summed E-state index contributed by atoms with van der Waals surface area (Å²) in [5.41, 5.74) is 8.06. The fraction of sp³-hybridized carbons (Fsp3) is 0. The maximum Gasteiger partial charge on any atom is 0.255 e. The van der Waals surface area contributed by atoms with Crippen molar-refractivity contribution >= 4 is 39.8 Å². The molecule has 0 bridgehead atoms. The van der Waals surface area contributed by atoms with Gasteiger partial charge < -0.3 is 21.6 Å². The number of rotatable bonds is 5. The number of amidine groups is 1. The molecule has 4 rings (SSSR count). The Morgan fingerprint density at radius 1 is 0.933 bits per heavy atom. The number of hydrogen-bond donors (Lipinski definition) is 4. The monoisotopic (exact) mass is 398 g/mol. The quantitative estimate of drug-likeness (QED) is 0.176. The summed E-state index contributed by atoms with van der Waals surface area (Å²) in [6.45, 7) is 0. The molecule has 1 aromatic heterocycles. The van der Waals surface area contributed by atoms with Crippen LogP contribution < -0.4 is 16.4 Å². The SMILES string of the molecule is N/C(=N\O)c1ccc2cc(C(=O)Nc3ccccc3)cc(Nc3ncccn3)c2c1. The third kappa shape index (κ3) is 4.02. The van der Waals surface area contributed by atoms with Crippen molar-refractivity contribution < 1.29 is 10.0 Å². The fourth-order valence-corrected chi connectivity index (χ4v) is 3.02. The highest BCUT2D eigenvalue weighted by atomic mass is 16.4. The zero-order valence-corrected chi connectivity index (χ0v) is 15.8. The van der Waals surface area contributed by atoms with E-state index in [-0.39, 0.29) is 11.7 Å². The van der Waals surface area contributed by atoms with E-state index in [1.54, 1.807) is 48.8 Å². The maximum atomic E-state index is 12.8. The molecule has 0 aliphatic rings. The number of anilines is 3. The molecule has 30 heavy (non-hydrogen) atoms. The summed E-state index contributed by atoms with van der Waals surface area (Å²) in [4.78, 5) is 21.2. The smallest absolute Gasteiger partial charge is 0.255 e. The van der Waals surface area contributed by atoms with Crippen LogP contribution in [0.4, 0.5) is 17.3 Å². The van der Waals surface area contributed by atoms with E-state index in [1.807, 2.05) is 30.3 Å². The number of benzene rings is 3. The minimum Gasteiger partial charge on any atom is -0.409 e. The molecule has 148 valence electrons. The molecule has 0 saturated carbocycles. The highest BCUT2D eigenvalue weighted by Crippen LogP contribution is 2.29. The number of carbonyl (C=O) groups excluding carboxylic acids is 1. The van der Waals surface area contributed by atoms with Gasteiger partial charge >= 0.3 is 0 Å². The summed E-state index contributed by atoms with van der Waals surface area (Å²) in [5.74, 6) is 0.124. The van der Waals surface area contributed by atoms with E-state index in [1.165, 1.54) is 0 Å². The van der Waals surface area contributed by atoms with Crippen molar-refractivity contribution in [2.75, 3.05) is 10.6 Å². The van der Waals surface area contributed by atoms with Gasteiger partial charge in [-0.25, -0.2) is 9.97 Å². The highest BCUT2D eigenvalue weighted by Gasteiger charge is 2.13. The largest absolute Gasteiger partial charge is 0.409 e. The topological polar surface area (TPSA) is 126 Å². The average Bonchev–Trinajstić information content (AvgIpc) is 2.79. The molecule has 4 aromatic rings. The van der Waals surface area contributed by atoms with Gasteiger partial charge in [0, 0.05) is 40.3 Å². The van der Waals surface area contributed by atoms with Crippen LogP contribution in [0.2, 0.25) is 0 Å². The Labute approximate surface area is 172 Å². The van der Waals surface area contributed by atoms with Crippen LogP contribution in [-0.2, 0) is 0 Å². The van der Waals surface area contributed by atoms with E-state index in [0.717, 1.165) is 10.8 Å². The van der Waals surface area contributed by atoms with E-state index in [0.29, 0.717) is 28.5 Å². The molecule has 0 radical (unpaired) electrons. The summed E-state index contributed by atoms with van der Waals surface area (Å²) in [7, 11) is 0. The van der Waals surface area contributed by atoms with E-state index in [4.69, 9.17) is 10.9 Å². The molecule has 0 aliphatic heterocycles. The fourth-order valence-electron chi connectivity index (χ4n) is 3.02. The lowest BCUT2D eigenvalue weighted by Gasteiger charge is -2.13. The molecular formula is C22H18N6O2. The summed E-state index contributed by atoms with van der Waals surface area (Å²) < 4.78 is 0. The summed E-state index contributed by atoms with van der Waals surface area (Å²) in [6.07, 6.45) is 3.23. The van der Waals surface area contributed by atoms with E-state index < -0.39 is 0 Å². The number of nitrogens with one attached hydrogen (secondary N) is 2. The number of oxime groups is 1. The van der Waals surface area contributed by atoms with E-state index >= 15 is 0 Å². The van der Waals surface area contributed by atoms with Gasteiger partial charge in [0.2, 0.25) is 5.95 Å². The van der Waals surface area contributed by atoms with Gasteiger partial charge in [-0.15, -0.1) is 0 Å². The Morgan fingerprint density at radius 2 is 1.70 bits per heavy atom. The van der Waals surface area contributed by atoms with Crippen LogP contribution >= 0.6 is 0 Å². The first kappa shape index (κ1) is 18.9. The van der Waals surface area contributed by atoms with Gasteiger partial charge in [0.1, 0.15) is 0 Å². The molecule has 8 nitrogen and oxygen atoms in total. The van der Waals surface area contributed by atoms with Gasteiger partial charge in [-0.1, -0.05) is 35.5 Å². The van der Waals surface area contributed by atoms with Crippen LogP contribution in [0.15, 0.2) is 84.3 Å². The molecule has 3 aromatic carbocycles. The molecular weight excluding hydrogens is 380 g/mol. The number of amides is 1. The van der Waals surface area contributed by atoms with Crippen molar-refractivity contribution in [1.29, 1.82) is 0 Å². The van der Waals surface area contributed by atoms with Crippen LogP contribution in [0.5, 0.6) is 0 Å². The molecule has 0 aliphatic carbocycles. The second-order valence-corrected chi connectivity index (χ2v) is 6.46. The molecule has 0 fully saturated rings. The number of carbonyl (C=O) groups is 1. The Morgan fingerprint density at radius 3 is 2.43 bits per heavy atom. The van der Waals surface area contributed by atoms with Crippen molar-refractivity contribution in [1.82, 2.24) is 9.97 Å². The van der Waals surface area contributed by atoms with Crippen LogP contribution in [0.1, 0.15) is 15.9 Å². The van der Waals surface area contributed by atoms with Gasteiger partial charge in [0.25, 0.3) is 5.91 Å². The molecule has 5 N–H and O–H groups in total. The van der Waals surface area contributed by atoms with E-state index in [9.17, 15) is 4.79 Å². The van der Waals surface area contributed by atoms with E-state index in [2.05, 4.69) is 25.8 Å². The van der Waals surface area contributed by atoms with Crippen molar-refractivity contribution in [3.63, 3.8) is 0 Å². The number of fused-ring (bicyclic) bond motifs is 1. The molecule has 0 atom stereocenters. The summed E-state index contributed by atoms with van der Waals surface area (Å²) in [6, 6.07) is 19.7. The lowest BCUT2D eigenvalue weighted by Crippen LogP contribution is -2.14. The standard InChI is InChI=1S/C22H18N6O2/c23-20(28-30)15-8-7-14-11-16(21(29)26-17-5-2-1-3-6-17)13-19(18(14)12-15)27-22-24-9-4-10-25-22/h1-13,30H,(H2,23,28)(H,26,29)(H,24,25,27). The van der Waals surface area contributed by atoms with Crippen molar-refractivity contribution in [2.24, 2.45) is 10.9 Å². The third-order valence-electron chi connectivity index (χ3n) is 4.46. The molecule has 0 unspecified atom stereocenters. The molecule has 1 amide bonds. The molecule has 0 spiro atoms. The summed E-state index contributed by atoms with van der Waals surface area (Å²) in [5, 5.41) is 19.6. The first-order valence-electron chi connectivity index (χ1n) is 9.10. The first-order valence-corrected chi connectivity index (χ1v) is 9.10. The van der Waals surface area contributed by atoms with Gasteiger partial charge in [-0.2, -0.15) is 0 Å². The zero-order chi connectivity index (χ0) is 20.9. The van der Waals surface area contributed by atoms with Crippen LogP contribution in [0.25, 0.3) is 10.8 Å². The molecule has 0 saturated heterocycles. The van der Waals surface area contributed by atoms with Gasteiger partial charge in [-0.3, -0.25) is 4.79 Å². The first-order chi connectivity index (χ1) is 14.6. The van der Waals surface area contributed by atoms with Crippen molar-refractivity contribution in [2.45, 2.75) is 0 Å². The Bertz CT molecular complexity index is 1230. The van der Waals surface area contributed by atoms with Crippen LogP contribution in [-0.4, -0.2) is 26.9 Å². The van der Waals surface area contributed by atoms with Gasteiger partial charge in [0.15, 0.2) is 5.84 Å². The Kier molecular flexibility index (Phi) is 5.21. The summed E-state index contributed by atoms with van der Waals surface area (Å²) >= 11 is 0. The highest BCUT2D eigenvalue weighted by molar-refractivity contribution is 6.10. The lowest BCUT2D eigenvalue weighted by molar-refractivity contribution is 0.102. The van der Waals surface area contributed by atoms with Crippen LogP contribution in [0.3, 0.4) is 0 Å². The third-order valence-corrected chi connectivity index (χ3v) is 4.46. The lowest BCUT2D eigenvalue weighted by atomic mass is 10.0. The maximum absolute atomic E-state index is 12.8. The second-order valence-electron chi connectivity index (χ2n) is 6.46. The molecule has 1 heterocycles. The number of nitrogens with zero attached hydrogens (tertiary/aromatic N) is 3. The average molecular weight is 398 g/mol. The predicted octanol–water partition coefficient (Wildman–Crippen LogP) is 3.72. The predicted molar refractivity (Wildman–Crippen MR) is 116 cm³/mol.